The van der Waals surface area contributed by atoms with Crippen molar-refractivity contribution in [2.24, 2.45) is 0 Å². The van der Waals surface area contributed by atoms with E-state index in [1.54, 1.807) is 0 Å². The van der Waals surface area contributed by atoms with E-state index < -0.39 is 0 Å². The van der Waals surface area contributed by atoms with Crippen LogP contribution in [-0.2, 0) is 6.54 Å². The summed E-state index contributed by atoms with van der Waals surface area (Å²) in [6.07, 6.45) is 5.58. The molecule has 0 amide bonds. The second kappa shape index (κ2) is 6.10. The summed E-state index contributed by atoms with van der Waals surface area (Å²) in [5.74, 6) is 0. The molecule has 0 aromatic heterocycles. The van der Waals surface area contributed by atoms with Crippen molar-refractivity contribution < 1.29 is 0 Å². The summed E-state index contributed by atoms with van der Waals surface area (Å²) in [5, 5.41) is 0. The van der Waals surface area contributed by atoms with Gasteiger partial charge in [-0.2, -0.15) is 0 Å². The van der Waals surface area contributed by atoms with Crippen LogP contribution in [0.2, 0.25) is 13.1 Å². The fourth-order valence-corrected chi connectivity index (χ4v) is 2.75. The minimum absolute atomic E-state index is 0.832. The number of likely N-dealkylation sites (tertiary alicyclic amines) is 1. The largest absolute Gasteiger partial charge is 0.297 e. The summed E-state index contributed by atoms with van der Waals surface area (Å²) in [6.45, 7) is 4.74. The molecule has 16 heavy (non-hydrogen) atoms. The van der Waals surface area contributed by atoms with Gasteiger partial charge in [-0.1, -0.05) is 49.9 Å². The molecular formula is C14H22BN. The first-order valence-electron chi connectivity index (χ1n) is 6.68. The highest BCUT2D eigenvalue weighted by Gasteiger charge is 2.21. The molecule has 0 bridgehead atoms. The van der Waals surface area contributed by atoms with E-state index >= 15 is 0 Å². The van der Waals surface area contributed by atoms with Crippen LogP contribution in [0.25, 0.3) is 0 Å². The number of hydrogen-bond acceptors (Lipinski definition) is 1. The van der Waals surface area contributed by atoms with Crippen LogP contribution in [-0.4, -0.2) is 24.8 Å². The second-order valence-corrected chi connectivity index (χ2v) is 4.89. The molecule has 1 fully saturated rings. The van der Waals surface area contributed by atoms with Crippen LogP contribution in [0.3, 0.4) is 0 Å². The lowest BCUT2D eigenvalue weighted by atomic mass is 9.72. The number of piperidine rings is 1. The summed E-state index contributed by atoms with van der Waals surface area (Å²) >= 11 is 0. The van der Waals surface area contributed by atoms with Gasteiger partial charge in [-0.15, -0.1) is 0 Å². The molecule has 0 aliphatic carbocycles. The summed E-state index contributed by atoms with van der Waals surface area (Å²) in [6, 6.07) is 11.7. The van der Waals surface area contributed by atoms with E-state index in [-0.39, 0.29) is 0 Å². The summed E-state index contributed by atoms with van der Waals surface area (Å²) in [5.41, 5.74) is 1.46. The van der Waals surface area contributed by atoms with Gasteiger partial charge in [0.25, 0.3) is 0 Å². The predicted molar refractivity (Wildman–Crippen MR) is 72.3 cm³/mol. The maximum Gasteiger partial charge on any atom is 0.119 e. The maximum absolute atomic E-state index is 2.68. The van der Waals surface area contributed by atoms with Gasteiger partial charge in [0.1, 0.15) is 7.28 Å². The number of hydrogen-bond donors (Lipinski definition) is 0. The Bertz CT molecular complexity index is 297. The van der Waals surface area contributed by atoms with E-state index in [0.717, 1.165) is 12.6 Å². The molecule has 0 N–H and O–H groups in total. The topological polar surface area (TPSA) is 3.24 Å². The molecule has 1 aliphatic heterocycles. The van der Waals surface area contributed by atoms with Crippen LogP contribution >= 0.6 is 0 Å². The van der Waals surface area contributed by atoms with Gasteiger partial charge in [0.15, 0.2) is 0 Å². The molecule has 0 spiro atoms. The van der Waals surface area contributed by atoms with Gasteiger partial charge in [0.05, 0.1) is 0 Å². The fraction of sp³-hybridized carbons (Fsp3) is 0.571. The van der Waals surface area contributed by atoms with Crippen LogP contribution in [0.4, 0.5) is 0 Å². The molecule has 1 atom stereocenters. The van der Waals surface area contributed by atoms with Gasteiger partial charge in [0.2, 0.25) is 0 Å². The standard InChI is InChI=1S/C14H22BN/c1-15-11-14-9-5-6-10-16(14)12-13-7-3-2-4-8-13/h2-4,7-8,14-15H,5-6,9-12H2,1H3/t14-/m1/s1. The van der Waals surface area contributed by atoms with Crippen molar-refractivity contribution in [3.63, 3.8) is 0 Å². The molecule has 1 aromatic carbocycles. The zero-order valence-corrected chi connectivity index (χ0v) is 10.4. The molecule has 86 valence electrons. The molecule has 2 rings (SSSR count). The van der Waals surface area contributed by atoms with Crippen LogP contribution < -0.4 is 0 Å². The first-order chi connectivity index (χ1) is 7.90. The van der Waals surface area contributed by atoms with E-state index in [1.165, 1.54) is 45.0 Å². The highest BCUT2D eigenvalue weighted by Crippen LogP contribution is 2.21. The quantitative estimate of drug-likeness (QED) is 0.698. The lowest BCUT2D eigenvalue weighted by Gasteiger charge is -2.35. The van der Waals surface area contributed by atoms with Gasteiger partial charge < -0.3 is 0 Å². The predicted octanol–water partition coefficient (Wildman–Crippen LogP) is 2.94. The van der Waals surface area contributed by atoms with Crippen molar-refractivity contribution in [1.29, 1.82) is 0 Å². The Labute approximate surface area is 100 Å². The van der Waals surface area contributed by atoms with Gasteiger partial charge in [0, 0.05) is 12.6 Å². The Morgan fingerprint density at radius 3 is 2.81 bits per heavy atom. The van der Waals surface area contributed by atoms with Gasteiger partial charge in [-0.25, -0.2) is 0 Å². The molecule has 1 saturated heterocycles. The minimum atomic E-state index is 0.832. The number of nitrogens with zero attached hydrogens (tertiary/aromatic N) is 1. The third kappa shape index (κ3) is 3.12. The minimum Gasteiger partial charge on any atom is -0.297 e. The number of rotatable bonds is 4. The third-order valence-electron chi connectivity index (χ3n) is 3.60. The lowest BCUT2D eigenvalue weighted by molar-refractivity contribution is 0.152. The van der Waals surface area contributed by atoms with Crippen LogP contribution in [0.1, 0.15) is 24.8 Å². The van der Waals surface area contributed by atoms with Crippen molar-refractivity contribution in [3.05, 3.63) is 35.9 Å². The van der Waals surface area contributed by atoms with E-state index in [2.05, 4.69) is 42.1 Å². The lowest BCUT2D eigenvalue weighted by Crippen LogP contribution is -2.39. The van der Waals surface area contributed by atoms with Crippen LogP contribution in [0.5, 0.6) is 0 Å². The van der Waals surface area contributed by atoms with Crippen LogP contribution in [0, 0.1) is 0 Å². The summed E-state index contributed by atoms with van der Waals surface area (Å²) in [4.78, 5) is 2.68. The Morgan fingerprint density at radius 1 is 1.25 bits per heavy atom. The molecule has 1 aromatic rings. The second-order valence-electron chi connectivity index (χ2n) is 4.89. The van der Waals surface area contributed by atoms with Gasteiger partial charge in [-0.3, -0.25) is 4.90 Å². The average Bonchev–Trinajstić information content (AvgIpc) is 2.33. The first kappa shape index (κ1) is 11.7. The zero-order chi connectivity index (χ0) is 11.2. The van der Waals surface area contributed by atoms with Crippen molar-refractivity contribution >= 4 is 7.28 Å². The first-order valence-corrected chi connectivity index (χ1v) is 6.68. The Morgan fingerprint density at radius 2 is 2.06 bits per heavy atom. The molecule has 0 saturated carbocycles. The van der Waals surface area contributed by atoms with Gasteiger partial charge in [-0.05, 0) is 24.9 Å². The Balaban J connectivity index is 1.96. The van der Waals surface area contributed by atoms with Crippen molar-refractivity contribution in [2.45, 2.75) is 45.0 Å². The molecule has 0 radical (unpaired) electrons. The fourth-order valence-electron chi connectivity index (χ4n) is 2.75. The molecular weight excluding hydrogens is 193 g/mol. The van der Waals surface area contributed by atoms with Crippen molar-refractivity contribution in [3.8, 4) is 0 Å². The summed E-state index contributed by atoms with van der Waals surface area (Å²) < 4.78 is 0. The van der Waals surface area contributed by atoms with E-state index in [0.29, 0.717) is 0 Å². The Hall–Kier alpha value is -0.755. The molecule has 1 heterocycles. The molecule has 1 nitrogen and oxygen atoms in total. The van der Waals surface area contributed by atoms with Crippen molar-refractivity contribution in [1.82, 2.24) is 4.90 Å². The van der Waals surface area contributed by atoms with Gasteiger partial charge >= 0.3 is 0 Å². The Kier molecular flexibility index (Phi) is 4.47. The van der Waals surface area contributed by atoms with Crippen molar-refractivity contribution in [2.75, 3.05) is 6.54 Å². The molecule has 0 unspecified atom stereocenters. The number of benzene rings is 1. The normalized spacial score (nSPS) is 21.9. The SMILES string of the molecule is CBC[C@H]1CCCCN1Cc1ccccc1. The maximum atomic E-state index is 2.68. The van der Waals surface area contributed by atoms with E-state index in [4.69, 9.17) is 0 Å². The molecule has 2 heteroatoms. The smallest absolute Gasteiger partial charge is 0.119 e. The molecule has 1 aliphatic rings. The average molecular weight is 215 g/mol. The zero-order valence-electron chi connectivity index (χ0n) is 10.4. The third-order valence-corrected chi connectivity index (χ3v) is 3.60. The highest BCUT2D eigenvalue weighted by molar-refractivity contribution is 6.33. The van der Waals surface area contributed by atoms with E-state index in [9.17, 15) is 0 Å². The van der Waals surface area contributed by atoms with Crippen LogP contribution in [0.15, 0.2) is 30.3 Å². The van der Waals surface area contributed by atoms with E-state index in [1.807, 2.05) is 0 Å². The monoisotopic (exact) mass is 215 g/mol. The highest BCUT2D eigenvalue weighted by atomic mass is 15.2. The summed E-state index contributed by atoms with van der Waals surface area (Å²) in [7, 11) is 1.32.